The van der Waals surface area contributed by atoms with Crippen molar-refractivity contribution in [2.24, 2.45) is 5.41 Å². The standard InChI is InChI=1S/C17H22F2N2O/c1-2-3-5-17(6-8-20-10-17)16(22)12-9-11-4-7-21-15(11)14(19)13(12)18/h9,20-21H,2-8,10H2,1H3. The lowest BCUT2D eigenvalue weighted by Crippen LogP contribution is -2.34. The highest BCUT2D eigenvalue weighted by Gasteiger charge is 2.42. The first-order valence-corrected chi connectivity index (χ1v) is 8.09. The number of carbonyl (C=O) groups is 1. The van der Waals surface area contributed by atoms with Crippen molar-refractivity contribution < 1.29 is 13.6 Å². The monoisotopic (exact) mass is 308 g/mol. The average molecular weight is 308 g/mol. The van der Waals surface area contributed by atoms with Crippen LogP contribution in [0.3, 0.4) is 0 Å². The summed E-state index contributed by atoms with van der Waals surface area (Å²) in [5.41, 5.74) is 0.281. The summed E-state index contributed by atoms with van der Waals surface area (Å²) in [6.45, 7) is 3.97. The van der Waals surface area contributed by atoms with E-state index in [0.717, 1.165) is 25.8 Å². The van der Waals surface area contributed by atoms with E-state index in [-0.39, 0.29) is 17.0 Å². The maximum absolute atomic E-state index is 14.4. The fourth-order valence-corrected chi connectivity index (χ4v) is 3.62. The minimum Gasteiger partial charge on any atom is -0.382 e. The van der Waals surface area contributed by atoms with Crippen LogP contribution in [-0.4, -0.2) is 25.4 Å². The van der Waals surface area contributed by atoms with Crippen molar-refractivity contribution in [3.05, 3.63) is 28.8 Å². The molecule has 2 heterocycles. The number of halogens is 2. The van der Waals surface area contributed by atoms with Crippen LogP contribution in [0.5, 0.6) is 0 Å². The Morgan fingerprint density at radius 3 is 2.82 bits per heavy atom. The molecule has 2 aliphatic rings. The van der Waals surface area contributed by atoms with Gasteiger partial charge in [0.1, 0.15) is 0 Å². The van der Waals surface area contributed by atoms with Crippen LogP contribution in [-0.2, 0) is 6.42 Å². The number of ketones is 1. The van der Waals surface area contributed by atoms with Gasteiger partial charge in [0.2, 0.25) is 0 Å². The van der Waals surface area contributed by atoms with E-state index in [1.165, 1.54) is 0 Å². The van der Waals surface area contributed by atoms with E-state index in [2.05, 4.69) is 17.6 Å². The quantitative estimate of drug-likeness (QED) is 0.820. The second-order valence-electron chi connectivity index (χ2n) is 6.40. The summed E-state index contributed by atoms with van der Waals surface area (Å²) in [7, 11) is 0. The van der Waals surface area contributed by atoms with Gasteiger partial charge >= 0.3 is 0 Å². The van der Waals surface area contributed by atoms with Gasteiger partial charge in [-0.05, 0) is 37.4 Å². The summed E-state index contributed by atoms with van der Waals surface area (Å²) in [6.07, 6.45) is 3.96. The highest BCUT2D eigenvalue weighted by molar-refractivity contribution is 6.02. The molecular formula is C17H22F2N2O. The smallest absolute Gasteiger partial charge is 0.182 e. The zero-order chi connectivity index (χ0) is 15.7. The van der Waals surface area contributed by atoms with Crippen molar-refractivity contribution >= 4 is 11.5 Å². The Balaban J connectivity index is 1.99. The predicted molar refractivity (Wildman–Crippen MR) is 82.3 cm³/mol. The lowest BCUT2D eigenvalue weighted by atomic mass is 9.75. The van der Waals surface area contributed by atoms with Gasteiger partial charge in [-0.3, -0.25) is 4.79 Å². The molecule has 0 aromatic heterocycles. The number of hydrogen-bond donors (Lipinski definition) is 2. The Kier molecular flexibility index (Phi) is 4.17. The maximum atomic E-state index is 14.4. The largest absolute Gasteiger partial charge is 0.382 e. The van der Waals surface area contributed by atoms with Crippen molar-refractivity contribution in [1.82, 2.24) is 5.32 Å². The molecule has 2 aliphatic heterocycles. The molecule has 22 heavy (non-hydrogen) atoms. The third-order valence-electron chi connectivity index (χ3n) is 4.96. The fraction of sp³-hybridized carbons (Fsp3) is 0.588. The Morgan fingerprint density at radius 2 is 2.14 bits per heavy atom. The van der Waals surface area contributed by atoms with Crippen LogP contribution in [0.4, 0.5) is 14.5 Å². The summed E-state index contributed by atoms with van der Waals surface area (Å²) < 4.78 is 28.6. The number of hydrogen-bond acceptors (Lipinski definition) is 3. The van der Waals surface area contributed by atoms with Gasteiger partial charge in [-0.2, -0.15) is 0 Å². The first kappa shape index (κ1) is 15.4. The molecule has 2 N–H and O–H groups in total. The molecule has 1 atom stereocenters. The zero-order valence-electron chi connectivity index (χ0n) is 12.9. The number of benzene rings is 1. The molecule has 5 heteroatoms. The van der Waals surface area contributed by atoms with Crippen molar-refractivity contribution in [1.29, 1.82) is 0 Å². The molecule has 0 saturated carbocycles. The van der Waals surface area contributed by atoms with E-state index >= 15 is 0 Å². The van der Waals surface area contributed by atoms with Crippen LogP contribution in [0.25, 0.3) is 0 Å². The van der Waals surface area contributed by atoms with E-state index in [1.54, 1.807) is 6.07 Å². The number of carbonyl (C=O) groups excluding carboxylic acids is 1. The molecule has 0 spiro atoms. The molecule has 1 saturated heterocycles. The van der Waals surface area contributed by atoms with Crippen molar-refractivity contribution in [2.75, 3.05) is 25.0 Å². The molecule has 120 valence electrons. The minimum atomic E-state index is -0.999. The van der Waals surface area contributed by atoms with Gasteiger partial charge in [0.15, 0.2) is 17.4 Å². The summed E-state index contributed by atoms with van der Waals surface area (Å²) in [5.74, 6) is -2.15. The number of unbranched alkanes of at least 4 members (excludes halogenated alkanes) is 1. The molecule has 3 rings (SSSR count). The van der Waals surface area contributed by atoms with Crippen molar-refractivity contribution in [3.63, 3.8) is 0 Å². The Bertz CT molecular complexity index is 595. The van der Waals surface area contributed by atoms with Gasteiger partial charge in [-0.25, -0.2) is 8.78 Å². The van der Waals surface area contributed by atoms with Crippen molar-refractivity contribution in [3.8, 4) is 0 Å². The van der Waals surface area contributed by atoms with Crippen LogP contribution in [0.2, 0.25) is 0 Å². The molecule has 0 aliphatic carbocycles. The highest BCUT2D eigenvalue weighted by atomic mass is 19.2. The molecule has 1 aromatic carbocycles. The summed E-state index contributed by atoms with van der Waals surface area (Å²) in [4.78, 5) is 13.0. The van der Waals surface area contributed by atoms with Crippen LogP contribution >= 0.6 is 0 Å². The zero-order valence-corrected chi connectivity index (χ0v) is 12.9. The molecular weight excluding hydrogens is 286 g/mol. The second-order valence-corrected chi connectivity index (χ2v) is 6.40. The van der Waals surface area contributed by atoms with E-state index < -0.39 is 17.0 Å². The van der Waals surface area contributed by atoms with Gasteiger partial charge in [-0.1, -0.05) is 19.8 Å². The average Bonchev–Trinajstić information content (AvgIpc) is 3.18. The Labute approximate surface area is 129 Å². The maximum Gasteiger partial charge on any atom is 0.182 e. The van der Waals surface area contributed by atoms with Gasteiger partial charge in [0.05, 0.1) is 11.3 Å². The van der Waals surface area contributed by atoms with E-state index in [4.69, 9.17) is 0 Å². The number of fused-ring (bicyclic) bond motifs is 1. The third kappa shape index (κ3) is 2.41. The topological polar surface area (TPSA) is 41.1 Å². The van der Waals surface area contributed by atoms with E-state index in [9.17, 15) is 13.6 Å². The molecule has 1 aromatic rings. The molecule has 1 fully saturated rings. The highest BCUT2D eigenvalue weighted by Crippen LogP contribution is 2.38. The molecule has 0 bridgehead atoms. The Hall–Kier alpha value is -1.49. The number of nitrogens with one attached hydrogen (secondary N) is 2. The molecule has 1 unspecified atom stereocenters. The lowest BCUT2D eigenvalue weighted by Gasteiger charge is -2.27. The third-order valence-corrected chi connectivity index (χ3v) is 4.96. The SMILES string of the molecule is CCCCC1(C(=O)c2cc3c(c(F)c2F)NCC3)CCNC1. The Morgan fingerprint density at radius 1 is 1.32 bits per heavy atom. The van der Waals surface area contributed by atoms with Gasteiger partial charge < -0.3 is 10.6 Å². The summed E-state index contributed by atoms with van der Waals surface area (Å²) in [6, 6.07) is 1.56. The van der Waals surface area contributed by atoms with Gasteiger partial charge in [-0.15, -0.1) is 0 Å². The summed E-state index contributed by atoms with van der Waals surface area (Å²) >= 11 is 0. The van der Waals surface area contributed by atoms with Crippen molar-refractivity contribution in [2.45, 2.75) is 39.0 Å². The van der Waals surface area contributed by atoms with Gasteiger partial charge in [0.25, 0.3) is 0 Å². The molecule has 0 amide bonds. The normalized spacial score (nSPS) is 23.4. The van der Waals surface area contributed by atoms with Crippen LogP contribution in [0.1, 0.15) is 48.5 Å². The number of rotatable bonds is 5. The van der Waals surface area contributed by atoms with Crippen LogP contribution < -0.4 is 10.6 Å². The number of anilines is 1. The van der Waals surface area contributed by atoms with E-state index in [1.807, 2.05) is 0 Å². The lowest BCUT2D eigenvalue weighted by molar-refractivity contribution is 0.0794. The van der Waals surface area contributed by atoms with E-state index in [0.29, 0.717) is 31.5 Å². The van der Waals surface area contributed by atoms with Crippen LogP contribution in [0.15, 0.2) is 6.07 Å². The minimum absolute atomic E-state index is 0.0697. The molecule has 3 nitrogen and oxygen atoms in total. The van der Waals surface area contributed by atoms with Gasteiger partial charge in [0, 0.05) is 18.5 Å². The second kappa shape index (κ2) is 5.95. The number of Topliss-reactive ketones (excluding diaryl/α,β-unsaturated/α-hetero) is 1. The summed E-state index contributed by atoms with van der Waals surface area (Å²) in [5, 5.41) is 6.06. The van der Waals surface area contributed by atoms with Crippen LogP contribution in [0, 0.1) is 17.0 Å². The first-order chi connectivity index (χ1) is 10.6. The molecule has 0 radical (unpaired) electrons. The predicted octanol–water partition coefficient (Wildman–Crippen LogP) is 3.29. The first-order valence-electron chi connectivity index (χ1n) is 8.09. The fourth-order valence-electron chi connectivity index (χ4n) is 3.62.